The van der Waals surface area contributed by atoms with E-state index >= 15 is 0 Å². The van der Waals surface area contributed by atoms with Crippen molar-refractivity contribution < 1.29 is 17.9 Å². The van der Waals surface area contributed by atoms with Gasteiger partial charge in [0.15, 0.2) is 0 Å². The molecule has 0 fully saturated rings. The van der Waals surface area contributed by atoms with Crippen LogP contribution in [0.2, 0.25) is 0 Å². The molecule has 0 unspecified atom stereocenters. The Morgan fingerprint density at radius 1 is 0.816 bits per heavy atom. The number of aryl methyl sites for hydroxylation is 1. The van der Waals surface area contributed by atoms with Crippen LogP contribution in [0.3, 0.4) is 0 Å². The van der Waals surface area contributed by atoms with Gasteiger partial charge in [-0.25, -0.2) is 8.42 Å². The number of rotatable bonds is 11. The monoisotopic (exact) mass is 528 g/mol. The maximum atomic E-state index is 13.8. The van der Waals surface area contributed by atoms with E-state index < -0.39 is 28.0 Å². The molecular formula is C31H32N2O4S. The first-order valence-electron chi connectivity index (χ1n) is 12.6. The Morgan fingerprint density at radius 2 is 1.37 bits per heavy atom. The third-order valence-electron chi connectivity index (χ3n) is 6.21. The van der Waals surface area contributed by atoms with E-state index in [0.717, 1.165) is 16.7 Å². The summed E-state index contributed by atoms with van der Waals surface area (Å²) >= 11 is 0. The molecule has 0 bridgehead atoms. The van der Waals surface area contributed by atoms with Crippen molar-refractivity contribution in [3.05, 3.63) is 131 Å². The summed E-state index contributed by atoms with van der Waals surface area (Å²) in [7, 11) is -4.01. The average molecular weight is 529 g/mol. The molecule has 1 amide bonds. The van der Waals surface area contributed by atoms with Crippen LogP contribution in [0, 0.1) is 6.92 Å². The molecule has 196 valence electrons. The van der Waals surface area contributed by atoms with Gasteiger partial charge in [0.1, 0.15) is 11.8 Å². The molecule has 0 heterocycles. The standard InChI is InChI=1S/C31H32N2O4S/c1-3-37-29-20-19-27(21-23(29)2)38(35,36)33-28(22-24-13-7-4-8-14-24)31(34)32-30(25-15-9-5-10-16-25)26-17-11-6-12-18-26/h4-21,28,30,33H,3,22H2,1-2H3,(H,32,34)/t28-/m1/s1. The molecule has 4 aromatic rings. The van der Waals surface area contributed by atoms with Crippen molar-refractivity contribution >= 4 is 15.9 Å². The van der Waals surface area contributed by atoms with Gasteiger partial charge in [0.25, 0.3) is 0 Å². The van der Waals surface area contributed by atoms with E-state index in [1.807, 2.05) is 97.9 Å². The molecule has 0 spiro atoms. The Morgan fingerprint density at radius 3 is 1.89 bits per heavy atom. The van der Waals surface area contributed by atoms with Gasteiger partial charge in [-0.3, -0.25) is 4.79 Å². The summed E-state index contributed by atoms with van der Waals surface area (Å²) in [5, 5.41) is 3.10. The normalized spacial score (nSPS) is 12.2. The van der Waals surface area contributed by atoms with E-state index in [1.54, 1.807) is 19.1 Å². The number of amides is 1. The molecule has 4 rings (SSSR count). The zero-order valence-electron chi connectivity index (χ0n) is 21.5. The molecule has 0 radical (unpaired) electrons. The van der Waals surface area contributed by atoms with Crippen molar-refractivity contribution in [1.29, 1.82) is 0 Å². The summed E-state index contributed by atoms with van der Waals surface area (Å²) in [6, 6.07) is 31.8. The number of nitrogens with one attached hydrogen (secondary N) is 2. The topological polar surface area (TPSA) is 84.5 Å². The molecule has 2 N–H and O–H groups in total. The predicted molar refractivity (Wildman–Crippen MR) is 149 cm³/mol. The van der Waals surface area contributed by atoms with Crippen LogP contribution in [0.15, 0.2) is 114 Å². The average Bonchev–Trinajstić information content (AvgIpc) is 2.94. The second kappa shape index (κ2) is 12.5. The van der Waals surface area contributed by atoms with E-state index in [-0.39, 0.29) is 11.3 Å². The third-order valence-corrected chi connectivity index (χ3v) is 7.67. The van der Waals surface area contributed by atoms with Crippen molar-refractivity contribution in [2.24, 2.45) is 0 Å². The molecule has 0 aliphatic heterocycles. The lowest BCUT2D eigenvalue weighted by atomic mass is 9.97. The lowest BCUT2D eigenvalue weighted by molar-refractivity contribution is -0.123. The Kier molecular flexibility index (Phi) is 8.94. The minimum absolute atomic E-state index is 0.0759. The number of hydrogen-bond acceptors (Lipinski definition) is 4. The molecule has 1 atom stereocenters. The number of benzene rings is 4. The fourth-order valence-corrected chi connectivity index (χ4v) is 5.57. The molecule has 7 heteroatoms. The summed E-state index contributed by atoms with van der Waals surface area (Å²) in [6.45, 7) is 4.15. The smallest absolute Gasteiger partial charge is 0.241 e. The van der Waals surface area contributed by atoms with Gasteiger partial charge in [0.05, 0.1) is 17.5 Å². The highest BCUT2D eigenvalue weighted by Crippen LogP contribution is 2.24. The zero-order chi connectivity index (χ0) is 27.0. The maximum Gasteiger partial charge on any atom is 0.241 e. The summed E-state index contributed by atoms with van der Waals surface area (Å²) in [4.78, 5) is 13.8. The van der Waals surface area contributed by atoms with Crippen molar-refractivity contribution in [2.75, 3.05) is 6.61 Å². The molecule has 0 saturated heterocycles. The highest BCUT2D eigenvalue weighted by atomic mass is 32.2. The molecule has 6 nitrogen and oxygen atoms in total. The fraction of sp³-hybridized carbons (Fsp3) is 0.194. The predicted octanol–water partition coefficient (Wildman–Crippen LogP) is 5.19. The minimum Gasteiger partial charge on any atom is -0.494 e. The van der Waals surface area contributed by atoms with Gasteiger partial charge in [0, 0.05) is 0 Å². The van der Waals surface area contributed by atoms with Crippen LogP contribution >= 0.6 is 0 Å². The first kappa shape index (κ1) is 27.1. The Balaban J connectivity index is 1.65. The van der Waals surface area contributed by atoms with Gasteiger partial charge in [-0.1, -0.05) is 91.0 Å². The number of hydrogen-bond donors (Lipinski definition) is 2. The van der Waals surface area contributed by atoms with Gasteiger partial charge in [-0.15, -0.1) is 0 Å². The van der Waals surface area contributed by atoms with Crippen molar-refractivity contribution in [1.82, 2.24) is 10.0 Å². The third kappa shape index (κ3) is 6.88. The number of carbonyl (C=O) groups excluding carboxylic acids is 1. The first-order valence-corrected chi connectivity index (χ1v) is 14.1. The molecule has 4 aromatic carbocycles. The van der Waals surface area contributed by atoms with Crippen molar-refractivity contribution in [3.63, 3.8) is 0 Å². The zero-order valence-corrected chi connectivity index (χ0v) is 22.3. The quantitative estimate of drug-likeness (QED) is 0.281. The largest absolute Gasteiger partial charge is 0.494 e. The van der Waals surface area contributed by atoms with Crippen molar-refractivity contribution in [3.8, 4) is 5.75 Å². The lowest BCUT2D eigenvalue weighted by Gasteiger charge is -2.24. The number of carbonyl (C=O) groups is 1. The van der Waals surface area contributed by atoms with E-state index in [4.69, 9.17) is 4.74 Å². The second-order valence-electron chi connectivity index (χ2n) is 8.99. The van der Waals surface area contributed by atoms with Gasteiger partial charge >= 0.3 is 0 Å². The van der Waals surface area contributed by atoms with Gasteiger partial charge in [-0.2, -0.15) is 4.72 Å². The molecular weight excluding hydrogens is 496 g/mol. The molecule has 0 aromatic heterocycles. The Labute approximate surface area is 224 Å². The minimum atomic E-state index is -4.01. The van der Waals surface area contributed by atoms with Gasteiger partial charge < -0.3 is 10.1 Å². The molecule has 0 aliphatic carbocycles. The van der Waals surface area contributed by atoms with Crippen LogP contribution in [0.25, 0.3) is 0 Å². The fourth-order valence-electron chi connectivity index (χ4n) is 4.29. The summed E-state index contributed by atoms with van der Waals surface area (Å²) < 4.78 is 35.1. The second-order valence-corrected chi connectivity index (χ2v) is 10.7. The van der Waals surface area contributed by atoms with Gasteiger partial charge in [0.2, 0.25) is 15.9 Å². The Hall–Kier alpha value is -3.94. The summed E-state index contributed by atoms with van der Waals surface area (Å²) in [6.07, 6.45) is 0.193. The molecule has 0 saturated carbocycles. The van der Waals surface area contributed by atoms with E-state index in [2.05, 4.69) is 10.0 Å². The van der Waals surface area contributed by atoms with Crippen LogP contribution in [-0.2, 0) is 21.2 Å². The van der Waals surface area contributed by atoms with Crippen molar-refractivity contribution in [2.45, 2.75) is 37.2 Å². The van der Waals surface area contributed by atoms with Crippen LogP contribution < -0.4 is 14.8 Å². The van der Waals surface area contributed by atoms with E-state index in [0.29, 0.717) is 17.9 Å². The Bertz CT molecular complexity index is 1400. The first-order chi connectivity index (χ1) is 18.4. The maximum absolute atomic E-state index is 13.8. The highest BCUT2D eigenvalue weighted by molar-refractivity contribution is 7.89. The number of sulfonamides is 1. The lowest BCUT2D eigenvalue weighted by Crippen LogP contribution is -2.49. The SMILES string of the molecule is CCOc1ccc(S(=O)(=O)N[C@H](Cc2ccccc2)C(=O)NC(c2ccccc2)c2ccccc2)cc1C. The summed E-state index contributed by atoms with van der Waals surface area (Å²) in [5.74, 6) is 0.205. The summed E-state index contributed by atoms with van der Waals surface area (Å²) in [5.41, 5.74) is 3.34. The molecule has 0 aliphatic rings. The molecule has 38 heavy (non-hydrogen) atoms. The van der Waals surface area contributed by atoms with E-state index in [1.165, 1.54) is 6.07 Å². The number of ether oxygens (including phenoxy) is 1. The van der Waals surface area contributed by atoms with Crippen LogP contribution in [0.1, 0.15) is 35.2 Å². The van der Waals surface area contributed by atoms with Crippen LogP contribution in [0.4, 0.5) is 0 Å². The van der Waals surface area contributed by atoms with E-state index in [9.17, 15) is 13.2 Å². The van der Waals surface area contributed by atoms with Crippen LogP contribution in [0.5, 0.6) is 5.75 Å². The highest BCUT2D eigenvalue weighted by Gasteiger charge is 2.29. The van der Waals surface area contributed by atoms with Gasteiger partial charge in [-0.05, 0) is 60.7 Å². The van der Waals surface area contributed by atoms with Crippen LogP contribution in [-0.4, -0.2) is 27.0 Å².